The van der Waals surface area contributed by atoms with Crippen LogP contribution in [0.5, 0.6) is 0 Å². The van der Waals surface area contributed by atoms with E-state index < -0.39 is 17.5 Å². The van der Waals surface area contributed by atoms with E-state index in [2.05, 4.69) is 5.32 Å². The molecule has 0 bridgehead atoms. The van der Waals surface area contributed by atoms with Crippen molar-refractivity contribution in [2.24, 2.45) is 5.73 Å². The third-order valence-corrected chi connectivity index (χ3v) is 3.49. The number of thioether (sulfide) groups is 1. The highest BCUT2D eigenvalue weighted by atomic mass is 32.2. The van der Waals surface area contributed by atoms with E-state index in [1.165, 1.54) is 11.3 Å². The van der Waals surface area contributed by atoms with Crippen LogP contribution >= 0.6 is 23.1 Å². The monoisotopic (exact) mass is 284 g/mol. The molecule has 3 nitrogen and oxygen atoms in total. The zero-order chi connectivity index (χ0) is 12.9. The number of nitrogens with two attached hydrogens (primary N) is 1. The van der Waals surface area contributed by atoms with E-state index in [0.29, 0.717) is 4.88 Å². The van der Waals surface area contributed by atoms with Crippen molar-refractivity contribution < 1.29 is 18.0 Å². The highest BCUT2D eigenvalue weighted by Gasteiger charge is 2.27. The minimum Gasteiger partial charge on any atom is -0.354 e. The maximum absolute atomic E-state index is 11.8. The number of carbonyl (C=O) groups excluding carboxylic acids is 1. The number of nitrogens with one attached hydrogen (secondary N) is 1. The van der Waals surface area contributed by atoms with Crippen molar-refractivity contribution in [1.82, 2.24) is 5.32 Å². The van der Waals surface area contributed by atoms with Gasteiger partial charge in [0.05, 0.1) is 0 Å². The normalized spacial score (nSPS) is 13.4. The van der Waals surface area contributed by atoms with Gasteiger partial charge in [0.25, 0.3) is 0 Å². The fourth-order valence-corrected chi connectivity index (χ4v) is 2.21. The van der Waals surface area contributed by atoms with Gasteiger partial charge in [-0.25, -0.2) is 0 Å². The third kappa shape index (κ3) is 5.42. The standard InChI is InChI=1S/C9H11F3N2OS2/c10-9(11,12)17-5-3-14-8(15)7(13)6-2-1-4-16-6/h1-2,4,7H,3,5,13H2,(H,14,15). The lowest BCUT2D eigenvalue weighted by atomic mass is 10.2. The van der Waals surface area contributed by atoms with E-state index in [1.54, 1.807) is 17.5 Å². The van der Waals surface area contributed by atoms with Crippen LogP contribution in [-0.2, 0) is 4.79 Å². The van der Waals surface area contributed by atoms with E-state index in [9.17, 15) is 18.0 Å². The van der Waals surface area contributed by atoms with Crippen molar-refractivity contribution in [3.63, 3.8) is 0 Å². The highest BCUT2D eigenvalue weighted by molar-refractivity contribution is 8.00. The Morgan fingerprint density at radius 2 is 2.29 bits per heavy atom. The summed E-state index contributed by atoms with van der Waals surface area (Å²) >= 11 is 1.16. The number of hydrogen-bond acceptors (Lipinski definition) is 4. The first-order chi connectivity index (χ1) is 7.90. The quantitative estimate of drug-likeness (QED) is 0.814. The lowest BCUT2D eigenvalue weighted by molar-refractivity contribution is -0.122. The maximum atomic E-state index is 11.8. The molecule has 1 atom stereocenters. The average molecular weight is 284 g/mol. The predicted octanol–water partition coefficient (Wildman–Crippen LogP) is 2.12. The molecule has 0 aromatic carbocycles. The largest absolute Gasteiger partial charge is 0.441 e. The van der Waals surface area contributed by atoms with E-state index in [1.807, 2.05) is 0 Å². The molecule has 0 spiro atoms. The van der Waals surface area contributed by atoms with Crippen molar-refractivity contribution in [2.45, 2.75) is 11.6 Å². The van der Waals surface area contributed by atoms with Crippen LogP contribution < -0.4 is 11.1 Å². The predicted molar refractivity (Wildman–Crippen MR) is 62.8 cm³/mol. The Hall–Kier alpha value is -0.730. The Balaban J connectivity index is 2.26. The van der Waals surface area contributed by atoms with Crippen molar-refractivity contribution in [3.8, 4) is 0 Å². The molecule has 1 aromatic rings. The summed E-state index contributed by atoms with van der Waals surface area (Å²) in [5.74, 6) is -0.679. The van der Waals surface area contributed by atoms with Crippen LogP contribution in [0, 0.1) is 0 Å². The molecule has 0 radical (unpaired) electrons. The van der Waals surface area contributed by atoms with Crippen LogP contribution in [0.25, 0.3) is 0 Å². The molecular weight excluding hydrogens is 273 g/mol. The molecule has 96 valence electrons. The summed E-state index contributed by atoms with van der Waals surface area (Å²) in [7, 11) is 0. The molecule has 1 aromatic heterocycles. The summed E-state index contributed by atoms with van der Waals surface area (Å²) in [6.45, 7) is -0.0535. The zero-order valence-electron chi connectivity index (χ0n) is 8.66. The average Bonchev–Trinajstić information content (AvgIpc) is 2.74. The van der Waals surface area contributed by atoms with Crippen LogP contribution in [0.15, 0.2) is 17.5 Å². The van der Waals surface area contributed by atoms with E-state index in [0.717, 1.165) is 0 Å². The number of amides is 1. The molecule has 1 heterocycles. The van der Waals surface area contributed by atoms with Crippen LogP contribution in [-0.4, -0.2) is 23.7 Å². The minimum absolute atomic E-state index is 0.0535. The molecule has 0 saturated heterocycles. The van der Waals surface area contributed by atoms with Gasteiger partial charge in [-0.05, 0) is 23.2 Å². The minimum atomic E-state index is -4.26. The SMILES string of the molecule is NC(C(=O)NCCSC(F)(F)F)c1cccs1. The number of halogens is 3. The van der Waals surface area contributed by atoms with Crippen molar-refractivity contribution in [1.29, 1.82) is 0 Å². The van der Waals surface area contributed by atoms with Gasteiger partial charge < -0.3 is 11.1 Å². The lowest BCUT2D eigenvalue weighted by Gasteiger charge is -2.11. The second-order valence-corrected chi connectivity index (χ2v) is 5.22. The van der Waals surface area contributed by atoms with Crippen LogP contribution in [0.4, 0.5) is 13.2 Å². The number of rotatable bonds is 5. The Morgan fingerprint density at radius 3 is 2.82 bits per heavy atom. The summed E-state index contributed by atoms with van der Waals surface area (Å²) in [4.78, 5) is 12.1. The first kappa shape index (κ1) is 14.3. The van der Waals surface area contributed by atoms with Gasteiger partial charge in [-0.2, -0.15) is 13.2 Å². The zero-order valence-corrected chi connectivity index (χ0v) is 10.3. The topological polar surface area (TPSA) is 55.1 Å². The fraction of sp³-hybridized carbons (Fsp3) is 0.444. The Morgan fingerprint density at radius 1 is 1.59 bits per heavy atom. The molecule has 1 rings (SSSR count). The van der Waals surface area contributed by atoms with Crippen LogP contribution in [0.1, 0.15) is 10.9 Å². The van der Waals surface area contributed by atoms with E-state index in [4.69, 9.17) is 5.73 Å². The van der Waals surface area contributed by atoms with Gasteiger partial charge in [-0.3, -0.25) is 4.79 Å². The Labute approximate surface area is 105 Å². The third-order valence-electron chi connectivity index (χ3n) is 1.80. The van der Waals surface area contributed by atoms with Crippen molar-refractivity contribution in [2.75, 3.05) is 12.3 Å². The van der Waals surface area contributed by atoms with E-state index in [-0.39, 0.29) is 24.1 Å². The van der Waals surface area contributed by atoms with E-state index >= 15 is 0 Å². The van der Waals surface area contributed by atoms with Gasteiger partial charge >= 0.3 is 5.51 Å². The Kier molecular flexibility index (Phi) is 5.29. The second-order valence-electron chi connectivity index (χ2n) is 3.08. The van der Waals surface area contributed by atoms with Gasteiger partial charge in [0, 0.05) is 17.2 Å². The summed E-state index contributed by atoms with van der Waals surface area (Å²) in [5, 5.41) is 4.14. The number of thiophene rings is 1. The number of hydrogen-bond donors (Lipinski definition) is 2. The molecule has 0 saturated carbocycles. The number of alkyl halides is 3. The summed E-state index contributed by atoms with van der Waals surface area (Å²) in [6, 6.07) is 2.65. The molecule has 0 aliphatic carbocycles. The molecule has 0 fully saturated rings. The molecule has 1 unspecified atom stereocenters. The van der Waals surface area contributed by atoms with Gasteiger partial charge in [-0.1, -0.05) is 6.07 Å². The van der Waals surface area contributed by atoms with Gasteiger partial charge in [0.2, 0.25) is 5.91 Å². The van der Waals surface area contributed by atoms with Crippen molar-refractivity contribution >= 4 is 29.0 Å². The molecule has 0 aliphatic rings. The summed E-state index contributed by atoms with van der Waals surface area (Å²) in [6.07, 6.45) is 0. The molecular formula is C9H11F3N2OS2. The molecule has 1 amide bonds. The van der Waals surface area contributed by atoms with Gasteiger partial charge in [-0.15, -0.1) is 11.3 Å². The molecule has 0 aliphatic heterocycles. The summed E-state index contributed by atoms with van der Waals surface area (Å²) < 4.78 is 35.4. The lowest BCUT2D eigenvalue weighted by Crippen LogP contribution is -2.35. The highest BCUT2D eigenvalue weighted by Crippen LogP contribution is 2.29. The van der Waals surface area contributed by atoms with Crippen LogP contribution in [0.3, 0.4) is 0 Å². The first-order valence-electron chi connectivity index (χ1n) is 4.67. The van der Waals surface area contributed by atoms with Crippen molar-refractivity contribution in [3.05, 3.63) is 22.4 Å². The smallest absolute Gasteiger partial charge is 0.354 e. The fourth-order valence-electron chi connectivity index (χ4n) is 1.05. The maximum Gasteiger partial charge on any atom is 0.441 e. The summed E-state index contributed by atoms with van der Waals surface area (Å²) in [5.41, 5.74) is 1.36. The second kappa shape index (κ2) is 6.27. The molecule has 3 N–H and O–H groups in total. The number of carbonyl (C=O) groups is 1. The van der Waals surface area contributed by atoms with Crippen LogP contribution in [0.2, 0.25) is 0 Å². The molecule has 17 heavy (non-hydrogen) atoms. The van der Waals surface area contributed by atoms with Gasteiger partial charge in [0.15, 0.2) is 0 Å². The molecule has 8 heteroatoms. The van der Waals surface area contributed by atoms with Gasteiger partial charge in [0.1, 0.15) is 6.04 Å². The first-order valence-corrected chi connectivity index (χ1v) is 6.54. The Bertz CT molecular complexity index is 354.